The number of carbonyl (C=O) groups is 2. The van der Waals surface area contributed by atoms with Gasteiger partial charge in [-0.3, -0.25) is 9.36 Å². The van der Waals surface area contributed by atoms with Crippen LogP contribution in [0.4, 0.5) is 4.79 Å². The van der Waals surface area contributed by atoms with Crippen LogP contribution in [0, 0.1) is 0 Å². The van der Waals surface area contributed by atoms with E-state index in [0.717, 1.165) is 11.1 Å². The van der Waals surface area contributed by atoms with E-state index in [1.807, 2.05) is 67.6 Å². The van der Waals surface area contributed by atoms with Crippen molar-refractivity contribution in [2.45, 2.75) is 58.6 Å². The maximum Gasteiger partial charge on any atom is 0.408 e. The quantitative estimate of drug-likeness (QED) is 0.278. The number of hydrogen-bond acceptors (Lipinski definition) is 6. The topological polar surface area (TPSA) is 99.5 Å². The molecule has 0 aliphatic heterocycles. The highest BCUT2D eigenvalue weighted by Gasteiger charge is 2.25. The van der Waals surface area contributed by atoms with Crippen LogP contribution in [-0.2, 0) is 22.3 Å². The predicted molar refractivity (Wildman–Crippen MR) is 155 cm³/mol. The monoisotopic (exact) mass is 541 g/mol. The fraction of sp³-hybridized carbons (Fsp3) is 0.312. The number of alkyl carbamates (subject to hydrolysis) is 1. The summed E-state index contributed by atoms with van der Waals surface area (Å²) in [5.41, 5.74) is 2.76. The lowest BCUT2D eigenvalue weighted by molar-refractivity contribution is 0.0498. The van der Waals surface area contributed by atoms with Crippen molar-refractivity contribution in [3.63, 3.8) is 0 Å². The molecule has 0 saturated carbocycles. The highest BCUT2D eigenvalue weighted by Crippen LogP contribution is 2.23. The Bertz CT molecular complexity index is 1550. The second-order valence-electron chi connectivity index (χ2n) is 10.6. The molecule has 4 rings (SSSR count). The molecule has 0 spiro atoms. The van der Waals surface area contributed by atoms with Crippen LogP contribution in [-0.4, -0.2) is 34.3 Å². The Labute approximate surface area is 234 Å². The summed E-state index contributed by atoms with van der Waals surface area (Å²) in [6.07, 6.45) is 1.21. The zero-order valence-corrected chi connectivity index (χ0v) is 23.6. The number of fused-ring (bicyclic) bond motifs is 1. The molecule has 8 heteroatoms. The molecule has 0 fully saturated rings. The van der Waals surface area contributed by atoms with E-state index in [-0.39, 0.29) is 11.5 Å². The van der Waals surface area contributed by atoms with Crippen LogP contribution in [0.5, 0.6) is 0 Å². The second kappa shape index (κ2) is 12.2. The molecule has 0 aliphatic carbocycles. The number of hydrogen-bond donors (Lipinski definition) is 1. The van der Waals surface area contributed by atoms with E-state index < -0.39 is 17.7 Å². The molecular weight excluding hydrogens is 506 g/mol. The van der Waals surface area contributed by atoms with Crippen molar-refractivity contribution in [2.75, 3.05) is 7.11 Å². The molecule has 0 radical (unpaired) electrons. The number of rotatable bonds is 8. The molecule has 0 saturated heterocycles. The molecule has 8 nitrogen and oxygen atoms in total. The van der Waals surface area contributed by atoms with Gasteiger partial charge in [0.05, 0.1) is 35.3 Å². The van der Waals surface area contributed by atoms with Crippen LogP contribution >= 0.6 is 0 Å². The zero-order chi connectivity index (χ0) is 28.9. The predicted octanol–water partition coefficient (Wildman–Crippen LogP) is 5.93. The van der Waals surface area contributed by atoms with Crippen LogP contribution in [0.15, 0.2) is 77.6 Å². The third kappa shape index (κ3) is 6.57. The molecule has 0 unspecified atom stereocenters. The van der Waals surface area contributed by atoms with E-state index in [1.54, 1.807) is 37.5 Å². The lowest BCUT2D eigenvalue weighted by Gasteiger charge is -2.25. The number of aryl methyl sites for hydroxylation is 2. The standard InChI is InChI=1S/C32H35N3O5/c1-6-25(34-31(38)40-32(2,3)4)28-33-26-14-10-11-22(18-15-21-16-19-23(20-17-21)30(37)39-5)27(26)29(36)35(28)24-12-8-7-9-13-24/h7-14,16-17,19-20,25H,6,15,18H2,1-5H3,(H,34,38)/t25-/m0/s1. The van der Waals surface area contributed by atoms with E-state index in [2.05, 4.69) is 5.32 Å². The Morgan fingerprint density at radius 2 is 1.65 bits per heavy atom. The van der Waals surface area contributed by atoms with Gasteiger partial charge in [-0.15, -0.1) is 0 Å². The van der Waals surface area contributed by atoms with Gasteiger partial charge in [-0.2, -0.15) is 0 Å². The molecule has 1 amide bonds. The molecule has 1 atom stereocenters. The third-order valence-electron chi connectivity index (χ3n) is 6.49. The van der Waals surface area contributed by atoms with Gasteiger partial charge in [0.15, 0.2) is 0 Å². The fourth-order valence-corrected chi connectivity index (χ4v) is 4.59. The number of carbonyl (C=O) groups excluding carboxylic acids is 2. The summed E-state index contributed by atoms with van der Waals surface area (Å²) in [4.78, 5) is 43.6. The first-order chi connectivity index (χ1) is 19.1. The van der Waals surface area contributed by atoms with Gasteiger partial charge in [0.1, 0.15) is 11.4 Å². The van der Waals surface area contributed by atoms with E-state index in [0.29, 0.717) is 47.2 Å². The molecule has 208 valence electrons. The number of aromatic nitrogens is 2. The zero-order valence-electron chi connectivity index (χ0n) is 23.6. The van der Waals surface area contributed by atoms with E-state index in [9.17, 15) is 14.4 Å². The van der Waals surface area contributed by atoms with Gasteiger partial charge >= 0.3 is 12.1 Å². The SMILES string of the molecule is CC[C@H](NC(=O)OC(C)(C)C)c1nc2cccc(CCc3ccc(C(=O)OC)cc3)c2c(=O)n1-c1ccccc1. The number of ether oxygens (including phenoxy) is 2. The van der Waals surface area contributed by atoms with E-state index in [1.165, 1.54) is 7.11 Å². The highest BCUT2D eigenvalue weighted by atomic mass is 16.6. The van der Waals surface area contributed by atoms with Crippen LogP contribution in [0.1, 0.15) is 67.5 Å². The summed E-state index contributed by atoms with van der Waals surface area (Å²) in [5.74, 6) is 0.0584. The molecule has 4 aromatic rings. The van der Waals surface area contributed by atoms with E-state index >= 15 is 0 Å². The van der Waals surface area contributed by atoms with Gasteiger partial charge in [0, 0.05) is 0 Å². The van der Waals surface area contributed by atoms with Gasteiger partial charge in [-0.25, -0.2) is 14.6 Å². The van der Waals surface area contributed by atoms with Gasteiger partial charge < -0.3 is 14.8 Å². The van der Waals surface area contributed by atoms with Crippen molar-refractivity contribution in [1.29, 1.82) is 0 Å². The van der Waals surface area contributed by atoms with Crippen molar-refractivity contribution >= 4 is 23.0 Å². The smallest absolute Gasteiger partial charge is 0.408 e. The Morgan fingerprint density at radius 1 is 0.950 bits per heavy atom. The lowest BCUT2D eigenvalue weighted by Crippen LogP contribution is -2.37. The van der Waals surface area contributed by atoms with Crippen LogP contribution in [0.2, 0.25) is 0 Å². The lowest BCUT2D eigenvalue weighted by atomic mass is 10.00. The average molecular weight is 542 g/mol. The summed E-state index contributed by atoms with van der Waals surface area (Å²) in [7, 11) is 1.36. The third-order valence-corrected chi connectivity index (χ3v) is 6.49. The van der Waals surface area contributed by atoms with Crippen molar-refractivity contribution in [3.05, 3.63) is 106 Å². The summed E-state index contributed by atoms with van der Waals surface area (Å²) >= 11 is 0. The largest absolute Gasteiger partial charge is 0.465 e. The number of benzene rings is 3. The van der Waals surface area contributed by atoms with Crippen molar-refractivity contribution < 1.29 is 19.1 Å². The number of esters is 1. The maximum atomic E-state index is 14.2. The van der Waals surface area contributed by atoms with Gasteiger partial charge in [-0.1, -0.05) is 49.4 Å². The Hall–Kier alpha value is -4.46. The molecule has 0 bridgehead atoms. The van der Waals surface area contributed by atoms with Crippen molar-refractivity contribution in [1.82, 2.24) is 14.9 Å². The molecule has 40 heavy (non-hydrogen) atoms. The van der Waals surface area contributed by atoms with Crippen LogP contribution in [0.3, 0.4) is 0 Å². The second-order valence-corrected chi connectivity index (χ2v) is 10.6. The van der Waals surface area contributed by atoms with Crippen LogP contribution in [0.25, 0.3) is 16.6 Å². The maximum absolute atomic E-state index is 14.2. The molecule has 1 N–H and O–H groups in total. The molecule has 0 aliphatic rings. The van der Waals surface area contributed by atoms with Gasteiger partial charge in [0.2, 0.25) is 0 Å². The minimum absolute atomic E-state index is 0.202. The first kappa shape index (κ1) is 28.5. The average Bonchev–Trinajstić information content (AvgIpc) is 2.94. The summed E-state index contributed by atoms with van der Waals surface area (Å²) < 4.78 is 11.8. The Kier molecular flexibility index (Phi) is 8.67. The normalized spacial score (nSPS) is 12.1. The fourth-order valence-electron chi connectivity index (χ4n) is 4.59. The Balaban J connectivity index is 1.76. The molecule has 1 heterocycles. The Morgan fingerprint density at radius 3 is 2.27 bits per heavy atom. The summed E-state index contributed by atoms with van der Waals surface area (Å²) in [6, 6.07) is 21.7. The van der Waals surface area contributed by atoms with E-state index in [4.69, 9.17) is 14.5 Å². The van der Waals surface area contributed by atoms with Gasteiger partial charge in [-0.05, 0) is 81.5 Å². The van der Waals surface area contributed by atoms with Gasteiger partial charge in [0.25, 0.3) is 5.56 Å². The molecule has 1 aromatic heterocycles. The summed E-state index contributed by atoms with van der Waals surface area (Å²) in [6.45, 7) is 7.33. The first-order valence-corrected chi connectivity index (χ1v) is 13.4. The van der Waals surface area contributed by atoms with Crippen molar-refractivity contribution in [2.24, 2.45) is 0 Å². The number of amides is 1. The minimum Gasteiger partial charge on any atom is -0.465 e. The highest BCUT2D eigenvalue weighted by molar-refractivity contribution is 5.89. The number of para-hydroxylation sites is 1. The summed E-state index contributed by atoms with van der Waals surface area (Å²) in [5, 5.41) is 3.44. The first-order valence-electron chi connectivity index (χ1n) is 13.4. The van der Waals surface area contributed by atoms with Crippen molar-refractivity contribution in [3.8, 4) is 5.69 Å². The molecule has 3 aromatic carbocycles. The number of nitrogens with zero attached hydrogens (tertiary/aromatic N) is 2. The minimum atomic E-state index is -0.660. The van der Waals surface area contributed by atoms with Crippen LogP contribution < -0.4 is 10.9 Å². The number of methoxy groups -OCH3 is 1. The molecular formula is C32H35N3O5. The number of nitrogens with one attached hydrogen (secondary N) is 1.